The molecule has 0 saturated heterocycles. The SMILES string of the molecule is CCOc1cc(Cn2ccnc2)cc(C(Nc2ccc(C#N)cc2)C(=O)O)c1. The van der Waals surface area contributed by atoms with Gasteiger partial charge in [-0.2, -0.15) is 5.26 Å². The van der Waals surface area contributed by atoms with Gasteiger partial charge in [0.2, 0.25) is 0 Å². The number of imidazole rings is 1. The minimum Gasteiger partial charge on any atom is -0.494 e. The molecule has 0 aliphatic rings. The number of anilines is 1. The first-order valence-corrected chi connectivity index (χ1v) is 8.81. The molecule has 0 amide bonds. The Bertz CT molecular complexity index is 976. The highest BCUT2D eigenvalue weighted by Crippen LogP contribution is 2.26. The zero-order chi connectivity index (χ0) is 19.9. The van der Waals surface area contributed by atoms with E-state index in [9.17, 15) is 9.90 Å². The van der Waals surface area contributed by atoms with Gasteiger partial charge in [0.15, 0.2) is 6.04 Å². The first kappa shape index (κ1) is 19.0. The lowest BCUT2D eigenvalue weighted by molar-refractivity contribution is -0.138. The second-order valence-electron chi connectivity index (χ2n) is 6.18. The van der Waals surface area contributed by atoms with Crippen molar-refractivity contribution in [2.75, 3.05) is 11.9 Å². The van der Waals surface area contributed by atoms with Crippen molar-refractivity contribution in [3.8, 4) is 11.8 Å². The number of ether oxygens (including phenoxy) is 1. The summed E-state index contributed by atoms with van der Waals surface area (Å²) in [4.78, 5) is 16.0. The normalized spacial score (nSPS) is 11.4. The Morgan fingerprint density at radius 2 is 2.11 bits per heavy atom. The van der Waals surface area contributed by atoms with Crippen LogP contribution in [0.3, 0.4) is 0 Å². The molecule has 1 heterocycles. The molecule has 1 atom stereocenters. The fourth-order valence-corrected chi connectivity index (χ4v) is 2.88. The largest absolute Gasteiger partial charge is 0.494 e. The lowest BCUT2D eigenvalue weighted by atomic mass is 10.0. The Hall–Kier alpha value is -3.79. The summed E-state index contributed by atoms with van der Waals surface area (Å²) in [7, 11) is 0. The van der Waals surface area contributed by atoms with Crippen LogP contribution in [0.2, 0.25) is 0 Å². The molecule has 0 bridgehead atoms. The van der Waals surface area contributed by atoms with E-state index in [0.717, 1.165) is 5.56 Å². The monoisotopic (exact) mass is 376 g/mol. The van der Waals surface area contributed by atoms with Crippen molar-refractivity contribution in [2.24, 2.45) is 0 Å². The van der Waals surface area contributed by atoms with Crippen molar-refractivity contribution in [3.05, 3.63) is 77.9 Å². The second-order valence-corrected chi connectivity index (χ2v) is 6.18. The number of aliphatic carboxylic acids is 1. The Kier molecular flexibility index (Phi) is 5.92. The lowest BCUT2D eigenvalue weighted by Gasteiger charge is -2.19. The zero-order valence-electron chi connectivity index (χ0n) is 15.4. The number of rotatable bonds is 8. The number of nitrogens with one attached hydrogen (secondary N) is 1. The van der Waals surface area contributed by atoms with E-state index < -0.39 is 12.0 Å². The van der Waals surface area contributed by atoms with Gasteiger partial charge in [-0.1, -0.05) is 6.07 Å². The number of hydrogen-bond donors (Lipinski definition) is 2. The molecule has 0 saturated carbocycles. The summed E-state index contributed by atoms with van der Waals surface area (Å²) in [5, 5.41) is 21.7. The summed E-state index contributed by atoms with van der Waals surface area (Å²) in [6, 6.07) is 13.2. The topological polar surface area (TPSA) is 100 Å². The van der Waals surface area contributed by atoms with Crippen LogP contribution in [-0.2, 0) is 11.3 Å². The molecule has 3 rings (SSSR count). The first-order chi connectivity index (χ1) is 13.6. The van der Waals surface area contributed by atoms with Gasteiger partial charge in [0.05, 0.1) is 24.6 Å². The van der Waals surface area contributed by atoms with Gasteiger partial charge in [-0.15, -0.1) is 0 Å². The second kappa shape index (κ2) is 8.73. The van der Waals surface area contributed by atoms with Gasteiger partial charge in [-0.25, -0.2) is 9.78 Å². The standard InChI is InChI=1S/C21H20N4O3/c1-2-28-19-10-16(13-25-8-7-23-14-25)9-17(11-19)20(21(26)27)24-18-5-3-15(12-22)4-6-18/h3-11,14,20,24H,2,13H2,1H3,(H,26,27). The third-order valence-electron chi connectivity index (χ3n) is 4.13. The molecule has 7 heteroatoms. The van der Waals surface area contributed by atoms with Crippen LogP contribution in [0.5, 0.6) is 5.75 Å². The van der Waals surface area contributed by atoms with E-state index in [-0.39, 0.29) is 0 Å². The van der Waals surface area contributed by atoms with Crippen LogP contribution < -0.4 is 10.1 Å². The summed E-state index contributed by atoms with van der Waals surface area (Å²) in [5.41, 5.74) is 2.62. The van der Waals surface area contributed by atoms with Crippen LogP contribution in [0.1, 0.15) is 29.7 Å². The molecule has 28 heavy (non-hydrogen) atoms. The van der Waals surface area contributed by atoms with Crippen LogP contribution in [0, 0.1) is 11.3 Å². The zero-order valence-corrected chi connectivity index (χ0v) is 15.4. The smallest absolute Gasteiger partial charge is 0.330 e. The molecule has 7 nitrogen and oxygen atoms in total. The Morgan fingerprint density at radius 3 is 2.71 bits per heavy atom. The van der Waals surface area contributed by atoms with Gasteiger partial charge in [-0.3, -0.25) is 0 Å². The molecular formula is C21H20N4O3. The molecular weight excluding hydrogens is 356 g/mol. The molecule has 0 radical (unpaired) electrons. The maximum atomic E-state index is 12.0. The molecule has 142 valence electrons. The van der Waals surface area contributed by atoms with E-state index in [1.54, 1.807) is 42.9 Å². The van der Waals surface area contributed by atoms with E-state index in [4.69, 9.17) is 10.00 Å². The minimum atomic E-state index is -1.01. The number of benzene rings is 2. The molecule has 3 aromatic rings. The highest BCUT2D eigenvalue weighted by molar-refractivity contribution is 5.79. The van der Waals surface area contributed by atoms with Crippen molar-refractivity contribution in [1.29, 1.82) is 5.26 Å². The first-order valence-electron chi connectivity index (χ1n) is 8.81. The van der Waals surface area contributed by atoms with Crippen LogP contribution in [0.15, 0.2) is 61.2 Å². The van der Waals surface area contributed by atoms with Crippen LogP contribution in [0.25, 0.3) is 0 Å². The maximum absolute atomic E-state index is 12.0. The van der Waals surface area contributed by atoms with Crippen molar-refractivity contribution in [1.82, 2.24) is 9.55 Å². The van der Waals surface area contributed by atoms with E-state index in [1.807, 2.05) is 35.9 Å². The number of carboxylic acids is 1. The average Bonchev–Trinajstić information content (AvgIpc) is 3.19. The van der Waals surface area contributed by atoms with Crippen molar-refractivity contribution >= 4 is 11.7 Å². The quantitative estimate of drug-likeness (QED) is 0.625. The third kappa shape index (κ3) is 4.68. The van der Waals surface area contributed by atoms with Crippen molar-refractivity contribution in [2.45, 2.75) is 19.5 Å². The molecule has 2 aromatic carbocycles. The summed E-state index contributed by atoms with van der Waals surface area (Å²) in [6.07, 6.45) is 5.24. The Balaban J connectivity index is 1.92. The molecule has 0 spiro atoms. The molecule has 0 fully saturated rings. The van der Waals surface area contributed by atoms with Gasteiger partial charge < -0.3 is 19.7 Å². The van der Waals surface area contributed by atoms with Gasteiger partial charge in [-0.05, 0) is 54.4 Å². The number of carbonyl (C=O) groups is 1. The van der Waals surface area contributed by atoms with E-state index in [0.29, 0.717) is 35.7 Å². The summed E-state index contributed by atoms with van der Waals surface area (Å²) in [6.45, 7) is 2.91. The number of nitriles is 1. The number of hydrogen-bond acceptors (Lipinski definition) is 5. The van der Waals surface area contributed by atoms with Gasteiger partial charge in [0, 0.05) is 24.6 Å². The van der Waals surface area contributed by atoms with Crippen LogP contribution in [-0.4, -0.2) is 27.2 Å². The molecule has 1 aromatic heterocycles. The molecule has 1 unspecified atom stereocenters. The average molecular weight is 376 g/mol. The predicted molar refractivity (Wildman–Crippen MR) is 104 cm³/mol. The number of aromatic nitrogens is 2. The maximum Gasteiger partial charge on any atom is 0.330 e. The number of carboxylic acid groups (broad SMARTS) is 1. The van der Waals surface area contributed by atoms with Crippen molar-refractivity contribution in [3.63, 3.8) is 0 Å². The van der Waals surface area contributed by atoms with Crippen LogP contribution in [0.4, 0.5) is 5.69 Å². The lowest BCUT2D eigenvalue weighted by Crippen LogP contribution is -2.21. The fourth-order valence-electron chi connectivity index (χ4n) is 2.88. The Labute approximate surface area is 162 Å². The van der Waals surface area contributed by atoms with E-state index in [1.165, 1.54) is 0 Å². The predicted octanol–water partition coefficient (Wildman–Crippen LogP) is 3.44. The molecule has 2 N–H and O–H groups in total. The summed E-state index contributed by atoms with van der Waals surface area (Å²) in [5.74, 6) is -0.394. The highest BCUT2D eigenvalue weighted by Gasteiger charge is 2.21. The van der Waals surface area contributed by atoms with Gasteiger partial charge in [0.25, 0.3) is 0 Å². The van der Waals surface area contributed by atoms with E-state index in [2.05, 4.69) is 10.3 Å². The summed E-state index contributed by atoms with van der Waals surface area (Å²) < 4.78 is 7.54. The van der Waals surface area contributed by atoms with Gasteiger partial charge >= 0.3 is 5.97 Å². The fraction of sp³-hybridized carbons (Fsp3) is 0.190. The molecule has 0 aliphatic carbocycles. The van der Waals surface area contributed by atoms with Crippen LogP contribution >= 0.6 is 0 Å². The number of nitrogens with zero attached hydrogens (tertiary/aromatic N) is 3. The van der Waals surface area contributed by atoms with Crippen molar-refractivity contribution < 1.29 is 14.6 Å². The molecule has 0 aliphatic heterocycles. The van der Waals surface area contributed by atoms with Gasteiger partial charge in [0.1, 0.15) is 5.75 Å². The minimum absolute atomic E-state index is 0.481. The third-order valence-corrected chi connectivity index (χ3v) is 4.13. The highest BCUT2D eigenvalue weighted by atomic mass is 16.5. The summed E-state index contributed by atoms with van der Waals surface area (Å²) >= 11 is 0. The van der Waals surface area contributed by atoms with E-state index >= 15 is 0 Å². The Morgan fingerprint density at radius 1 is 1.32 bits per heavy atom.